The van der Waals surface area contributed by atoms with Crippen molar-refractivity contribution in [1.82, 2.24) is 10.0 Å². The second-order valence-electron chi connectivity index (χ2n) is 8.32. The summed E-state index contributed by atoms with van der Waals surface area (Å²) in [5, 5.41) is 3.16. The summed E-state index contributed by atoms with van der Waals surface area (Å²) < 4.78 is 34.3. The Hall–Kier alpha value is -2.87. The molecule has 0 aliphatic carbocycles. The zero-order valence-electron chi connectivity index (χ0n) is 19.9. The van der Waals surface area contributed by atoms with Gasteiger partial charge in [0.05, 0.1) is 16.5 Å². The Labute approximate surface area is 212 Å². The molecule has 186 valence electrons. The quantitative estimate of drug-likeness (QED) is 0.365. The van der Waals surface area contributed by atoms with Gasteiger partial charge in [-0.1, -0.05) is 72.3 Å². The van der Waals surface area contributed by atoms with Gasteiger partial charge in [0.2, 0.25) is 15.9 Å². The average Bonchev–Trinajstić information content (AvgIpc) is 2.85. The zero-order chi connectivity index (χ0) is 25.3. The van der Waals surface area contributed by atoms with Gasteiger partial charge in [-0.15, -0.1) is 0 Å². The number of carbonyl (C=O) groups excluding carboxylic acids is 1. The van der Waals surface area contributed by atoms with Crippen molar-refractivity contribution in [1.29, 1.82) is 0 Å². The lowest BCUT2D eigenvalue weighted by atomic mass is 10.0. The molecule has 0 unspecified atom stereocenters. The maximum absolute atomic E-state index is 13.2. The first-order valence-electron chi connectivity index (χ1n) is 11.6. The van der Waals surface area contributed by atoms with E-state index in [0.29, 0.717) is 12.4 Å². The molecule has 0 aromatic heterocycles. The number of hydrogen-bond acceptors (Lipinski definition) is 4. The minimum Gasteiger partial charge on any atom is -0.492 e. The van der Waals surface area contributed by atoms with E-state index in [4.69, 9.17) is 16.3 Å². The minimum atomic E-state index is -4.02. The summed E-state index contributed by atoms with van der Waals surface area (Å²) in [4.78, 5) is 13.2. The smallest absolute Gasteiger partial charge is 0.241 e. The fourth-order valence-electron chi connectivity index (χ4n) is 3.66. The van der Waals surface area contributed by atoms with E-state index in [0.717, 1.165) is 18.4 Å². The summed E-state index contributed by atoms with van der Waals surface area (Å²) in [5.41, 5.74) is 2.03. The summed E-state index contributed by atoms with van der Waals surface area (Å²) in [6, 6.07) is 22.5. The lowest BCUT2D eigenvalue weighted by Crippen LogP contribution is -2.50. The number of benzene rings is 3. The molecule has 0 saturated carbocycles. The van der Waals surface area contributed by atoms with Crippen LogP contribution in [0.3, 0.4) is 0 Å². The highest BCUT2D eigenvalue weighted by atomic mass is 35.5. The van der Waals surface area contributed by atoms with Crippen molar-refractivity contribution >= 4 is 27.5 Å². The Balaban J connectivity index is 1.74. The number of amides is 1. The van der Waals surface area contributed by atoms with Crippen LogP contribution >= 0.6 is 11.6 Å². The van der Waals surface area contributed by atoms with Crippen molar-refractivity contribution in [2.24, 2.45) is 0 Å². The predicted octanol–water partition coefficient (Wildman–Crippen LogP) is 4.77. The Morgan fingerprint density at radius 3 is 2.20 bits per heavy atom. The predicted molar refractivity (Wildman–Crippen MR) is 139 cm³/mol. The molecule has 3 rings (SSSR count). The standard InChI is InChI=1S/C27H31ClN2O4S/c1-3-34-26-17-16-23(19-24(26)28)35(32,33)30-25(18-22-12-8-5-9-13-22)27(31)29-20(2)14-15-21-10-6-4-7-11-21/h4-13,16-17,19-20,25,30H,3,14-15,18H2,1-2H3,(H,29,31)/t20-,25-/m1/s1. The van der Waals surface area contributed by atoms with E-state index >= 15 is 0 Å². The van der Waals surface area contributed by atoms with E-state index in [1.54, 1.807) is 0 Å². The maximum atomic E-state index is 13.2. The van der Waals surface area contributed by atoms with Crippen molar-refractivity contribution in [2.45, 2.75) is 50.1 Å². The fourth-order valence-corrected chi connectivity index (χ4v) is 5.18. The van der Waals surface area contributed by atoms with Crippen molar-refractivity contribution in [3.05, 3.63) is 95.0 Å². The van der Waals surface area contributed by atoms with Gasteiger partial charge in [-0.3, -0.25) is 4.79 Å². The van der Waals surface area contributed by atoms with Crippen molar-refractivity contribution in [3.8, 4) is 5.75 Å². The number of nitrogens with one attached hydrogen (secondary N) is 2. The topological polar surface area (TPSA) is 84.5 Å². The highest BCUT2D eigenvalue weighted by Gasteiger charge is 2.27. The Bertz CT molecular complexity index is 1200. The number of aryl methyl sites for hydroxylation is 1. The minimum absolute atomic E-state index is 0.0334. The highest BCUT2D eigenvalue weighted by Crippen LogP contribution is 2.27. The average molecular weight is 515 g/mol. The van der Waals surface area contributed by atoms with Gasteiger partial charge in [-0.2, -0.15) is 4.72 Å². The first-order valence-corrected chi connectivity index (χ1v) is 13.5. The Kier molecular flexibility index (Phi) is 9.72. The lowest BCUT2D eigenvalue weighted by molar-refractivity contribution is -0.123. The molecule has 0 spiro atoms. The van der Waals surface area contributed by atoms with Crippen LogP contribution in [0.4, 0.5) is 0 Å². The third kappa shape index (κ3) is 8.09. The molecule has 1 amide bonds. The summed E-state index contributed by atoms with van der Waals surface area (Å²) in [5.74, 6) is 0.0222. The molecular weight excluding hydrogens is 484 g/mol. The summed E-state index contributed by atoms with van der Waals surface area (Å²) in [6.45, 7) is 4.14. The highest BCUT2D eigenvalue weighted by molar-refractivity contribution is 7.89. The third-order valence-corrected chi connectivity index (χ3v) is 7.27. The van der Waals surface area contributed by atoms with Gasteiger partial charge >= 0.3 is 0 Å². The van der Waals surface area contributed by atoms with Crippen LogP contribution < -0.4 is 14.8 Å². The lowest BCUT2D eigenvalue weighted by Gasteiger charge is -2.22. The Morgan fingerprint density at radius 2 is 1.60 bits per heavy atom. The molecule has 0 fully saturated rings. The van der Waals surface area contributed by atoms with Crippen molar-refractivity contribution < 1.29 is 17.9 Å². The number of sulfonamides is 1. The van der Waals surface area contributed by atoms with Gasteiger partial charge in [0.15, 0.2) is 0 Å². The molecule has 0 radical (unpaired) electrons. The molecule has 0 heterocycles. The summed E-state index contributed by atoms with van der Waals surface area (Å²) in [7, 11) is -4.02. The summed E-state index contributed by atoms with van der Waals surface area (Å²) in [6.07, 6.45) is 1.75. The monoisotopic (exact) mass is 514 g/mol. The number of carbonyl (C=O) groups is 1. The normalized spacial score (nSPS) is 13.1. The SMILES string of the molecule is CCOc1ccc(S(=O)(=O)N[C@H](Cc2ccccc2)C(=O)N[C@H](C)CCc2ccccc2)cc1Cl. The van der Waals surface area contributed by atoms with Crippen LogP contribution in [-0.4, -0.2) is 33.0 Å². The number of halogens is 1. The first kappa shape index (κ1) is 26.7. The van der Waals surface area contributed by atoms with Gasteiger partial charge in [0.25, 0.3) is 0 Å². The molecule has 0 aliphatic heterocycles. The van der Waals surface area contributed by atoms with Crippen molar-refractivity contribution in [3.63, 3.8) is 0 Å². The fraction of sp³-hybridized carbons (Fsp3) is 0.296. The second-order valence-corrected chi connectivity index (χ2v) is 10.4. The molecule has 2 atom stereocenters. The summed E-state index contributed by atoms with van der Waals surface area (Å²) >= 11 is 6.20. The van der Waals surface area contributed by atoms with Crippen LogP contribution in [0, 0.1) is 0 Å². The van der Waals surface area contributed by atoms with Crippen molar-refractivity contribution in [2.75, 3.05) is 6.61 Å². The molecule has 3 aromatic carbocycles. The van der Waals surface area contributed by atoms with Gasteiger partial charge in [0, 0.05) is 6.04 Å². The molecular formula is C27H31ClN2O4S. The Morgan fingerprint density at radius 1 is 0.971 bits per heavy atom. The molecule has 6 nitrogen and oxygen atoms in total. The van der Waals surface area contributed by atoms with Crippen LogP contribution in [-0.2, 0) is 27.7 Å². The molecule has 35 heavy (non-hydrogen) atoms. The molecule has 3 aromatic rings. The molecule has 0 aliphatic rings. The van der Waals surface area contributed by atoms with Gasteiger partial charge < -0.3 is 10.1 Å². The van der Waals surface area contributed by atoms with Gasteiger partial charge in [-0.25, -0.2) is 8.42 Å². The largest absolute Gasteiger partial charge is 0.492 e. The van der Waals surface area contributed by atoms with Crippen LogP contribution in [0.5, 0.6) is 5.75 Å². The zero-order valence-corrected chi connectivity index (χ0v) is 21.5. The van der Waals surface area contributed by atoms with Crippen LogP contribution in [0.15, 0.2) is 83.8 Å². The number of ether oxygens (including phenoxy) is 1. The van der Waals surface area contributed by atoms with E-state index < -0.39 is 16.1 Å². The first-order chi connectivity index (χ1) is 16.8. The second kappa shape index (κ2) is 12.7. The number of hydrogen-bond donors (Lipinski definition) is 2. The molecule has 0 bridgehead atoms. The van der Waals surface area contributed by atoms with E-state index in [1.165, 1.54) is 23.8 Å². The van der Waals surface area contributed by atoms with Crippen LogP contribution in [0.1, 0.15) is 31.4 Å². The maximum Gasteiger partial charge on any atom is 0.241 e. The molecule has 2 N–H and O–H groups in total. The third-order valence-electron chi connectivity index (χ3n) is 5.51. The van der Waals surface area contributed by atoms with E-state index in [2.05, 4.69) is 10.0 Å². The van der Waals surface area contributed by atoms with Gasteiger partial charge in [-0.05, 0) is 62.4 Å². The van der Waals surface area contributed by atoms with Gasteiger partial charge in [0.1, 0.15) is 11.8 Å². The molecule has 0 saturated heterocycles. The molecule has 8 heteroatoms. The van der Waals surface area contributed by atoms with E-state index in [9.17, 15) is 13.2 Å². The van der Waals surface area contributed by atoms with Crippen LogP contribution in [0.25, 0.3) is 0 Å². The van der Waals surface area contributed by atoms with Crippen LogP contribution in [0.2, 0.25) is 5.02 Å². The van der Waals surface area contributed by atoms with E-state index in [-0.39, 0.29) is 28.3 Å². The number of rotatable bonds is 12. The van der Waals surface area contributed by atoms with E-state index in [1.807, 2.05) is 74.5 Å².